The Morgan fingerprint density at radius 1 is 1.67 bits per heavy atom. The van der Waals surface area contributed by atoms with Gasteiger partial charge in [-0.15, -0.1) is 11.3 Å². The van der Waals surface area contributed by atoms with Crippen LogP contribution in [0.1, 0.15) is 24.2 Å². The number of fused-ring (bicyclic) bond motifs is 1. The predicted octanol–water partition coefficient (Wildman–Crippen LogP) is 0.888. The lowest BCUT2D eigenvalue weighted by atomic mass is 10.2. The minimum absolute atomic E-state index is 0.0297. The molecule has 0 bridgehead atoms. The van der Waals surface area contributed by atoms with Crippen molar-refractivity contribution in [1.29, 1.82) is 0 Å². The third-order valence-electron chi connectivity index (χ3n) is 3.31. The molecule has 5 nitrogen and oxygen atoms in total. The molecule has 6 heteroatoms. The summed E-state index contributed by atoms with van der Waals surface area (Å²) in [6.07, 6.45) is 4.02. The van der Waals surface area contributed by atoms with Gasteiger partial charge in [-0.05, 0) is 19.8 Å². The van der Waals surface area contributed by atoms with Crippen molar-refractivity contribution in [3.63, 3.8) is 0 Å². The fourth-order valence-corrected chi connectivity index (χ4v) is 2.97. The first-order valence-electron chi connectivity index (χ1n) is 5.96. The van der Waals surface area contributed by atoms with Crippen LogP contribution in [0.2, 0.25) is 0 Å². The first-order valence-corrected chi connectivity index (χ1v) is 6.84. The van der Waals surface area contributed by atoms with Crippen molar-refractivity contribution in [3.05, 3.63) is 23.0 Å². The van der Waals surface area contributed by atoms with Crippen molar-refractivity contribution in [1.82, 2.24) is 14.7 Å². The number of aliphatic hydroxyl groups is 1. The molecule has 0 spiro atoms. The Balaban J connectivity index is 1.74. The molecule has 0 aromatic carbocycles. The van der Waals surface area contributed by atoms with E-state index < -0.39 is 0 Å². The summed E-state index contributed by atoms with van der Waals surface area (Å²) in [7, 11) is 0. The summed E-state index contributed by atoms with van der Waals surface area (Å²) >= 11 is 1.54. The van der Waals surface area contributed by atoms with E-state index in [0.29, 0.717) is 6.42 Å². The Bertz CT molecular complexity index is 598. The zero-order valence-corrected chi connectivity index (χ0v) is 11.0. The number of hydrogen-bond donors (Lipinski definition) is 2. The van der Waals surface area contributed by atoms with Gasteiger partial charge in [-0.2, -0.15) is 0 Å². The molecule has 1 amide bonds. The molecule has 2 N–H and O–H groups in total. The molecule has 18 heavy (non-hydrogen) atoms. The van der Waals surface area contributed by atoms with Crippen LogP contribution in [0.15, 0.2) is 11.6 Å². The van der Waals surface area contributed by atoms with E-state index >= 15 is 0 Å². The first-order chi connectivity index (χ1) is 8.62. The van der Waals surface area contributed by atoms with Crippen molar-refractivity contribution in [2.75, 3.05) is 6.61 Å². The van der Waals surface area contributed by atoms with Gasteiger partial charge in [-0.3, -0.25) is 9.20 Å². The van der Waals surface area contributed by atoms with Gasteiger partial charge in [0, 0.05) is 17.3 Å². The smallest absolute Gasteiger partial charge is 0.226 e. The van der Waals surface area contributed by atoms with Gasteiger partial charge in [-0.1, -0.05) is 0 Å². The number of thiazole rings is 1. The standard InChI is InChI=1S/C12H15N3O2S/c1-8-5-15-9(6-18-11(15)13-8)4-10(17)14-12(7-16)2-3-12/h5-6,16H,2-4,7H2,1H3,(H,14,17). The molecule has 1 aliphatic carbocycles. The van der Waals surface area contributed by atoms with Gasteiger partial charge in [0.2, 0.25) is 5.91 Å². The molecular formula is C12H15N3O2S. The number of aromatic nitrogens is 2. The largest absolute Gasteiger partial charge is 0.394 e. The number of aryl methyl sites for hydroxylation is 1. The van der Waals surface area contributed by atoms with E-state index in [1.807, 2.05) is 22.9 Å². The maximum absolute atomic E-state index is 11.9. The molecule has 2 aromatic rings. The Kier molecular flexibility index (Phi) is 2.64. The van der Waals surface area contributed by atoms with Gasteiger partial charge in [0.1, 0.15) is 0 Å². The molecule has 2 aromatic heterocycles. The molecule has 1 saturated carbocycles. The highest BCUT2D eigenvalue weighted by Gasteiger charge is 2.43. The van der Waals surface area contributed by atoms with E-state index in [4.69, 9.17) is 0 Å². The highest BCUT2D eigenvalue weighted by molar-refractivity contribution is 7.15. The normalized spacial score (nSPS) is 17.0. The highest BCUT2D eigenvalue weighted by Crippen LogP contribution is 2.34. The van der Waals surface area contributed by atoms with E-state index in [-0.39, 0.29) is 18.1 Å². The topological polar surface area (TPSA) is 66.6 Å². The summed E-state index contributed by atoms with van der Waals surface area (Å²) in [5.74, 6) is -0.0346. The molecular weight excluding hydrogens is 250 g/mol. The maximum atomic E-state index is 11.9. The van der Waals surface area contributed by atoms with E-state index in [1.54, 1.807) is 0 Å². The third kappa shape index (κ3) is 2.02. The summed E-state index contributed by atoms with van der Waals surface area (Å²) < 4.78 is 1.96. The lowest BCUT2D eigenvalue weighted by molar-refractivity contribution is -0.121. The van der Waals surface area contributed by atoms with Crippen molar-refractivity contribution in [2.45, 2.75) is 31.7 Å². The fourth-order valence-electron chi connectivity index (χ4n) is 2.05. The van der Waals surface area contributed by atoms with Crippen LogP contribution in [-0.4, -0.2) is 32.5 Å². The van der Waals surface area contributed by atoms with Crippen molar-refractivity contribution in [3.8, 4) is 0 Å². The Morgan fingerprint density at radius 3 is 3.11 bits per heavy atom. The number of nitrogens with one attached hydrogen (secondary N) is 1. The zero-order chi connectivity index (χ0) is 12.8. The summed E-state index contributed by atoms with van der Waals surface area (Å²) in [6, 6.07) is 0. The van der Waals surface area contributed by atoms with Crippen LogP contribution in [-0.2, 0) is 11.2 Å². The molecule has 1 fully saturated rings. The van der Waals surface area contributed by atoms with Gasteiger partial charge in [0.05, 0.1) is 24.3 Å². The Labute approximate surface area is 108 Å². The third-order valence-corrected chi connectivity index (χ3v) is 4.20. The highest BCUT2D eigenvalue weighted by atomic mass is 32.1. The second kappa shape index (κ2) is 4.07. The minimum Gasteiger partial charge on any atom is -0.394 e. The zero-order valence-electron chi connectivity index (χ0n) is 10.1. The molecule has 2 heterocycles. The molecule has 0 atom stereocenters. The first kappa shape index (κ1) is 11.7. The van der Waals surface area contributed by atoms with E-state index in [2.05, 4.69) is 10.3 Å². The fraction of sp³-hybridized carbons (Fsp3) is 0.500. The van der Waals surface area contributed by atoms with E-state index in [9.17, 15) is 9.90 Å². The molecule has 1 aliphatic rings. The number of amides is 1. The van der Waals surface area contributed by atoms with Gasteiger partial charge in [0.15, 0.2) is 4.96 Å². The summed E-state index contributed by atoms with van der Waals surface area (Å²) in [6.45, 7) is 1.97. The number of rotatable bonds is 4. The number of hydrogen-bond acceptors (Lipinski definition) is 4. The molecule has 0 aliphatic heterocycles. The van der Waals surface area contributed by atoms with Crippen LogP contribution in [0.3, 0.4) is 0 Å². The quantitative estimate of drug-likeness (QED) is 0.862. The summed E-state index contributed by atoms with van der Waals surface area (Å²) in [5.41, 5.74) is 1.57. The molecule has 0 radical (unpaired) electrons. The van der Waals surface area contributed by atoms with Gasteiger partial charge < -0.3 is 10.4 Å². The van der Waals surface area contributed by atoms with E-state index in [1.165, 1.54) is 11.3 Å². The van der Waals surface area contributed by atoms with Gasteiger partial charge >= 0.3 is 0 Å². The molecule has 0 saturated heterocycles. The average Bonchev–Trinajstić information content (AvgIpc) is 2.87. The Morgan fingerprint density at radius 2 is 2.44 bits per heavy atom. The second-order valence-electron chi connectivity index (χ2n) is 4.93. The van der Waals surface area contributed by atoms with Crippen LogP contribution in [0.25, 0.3) is 4.96 Å². The number of imidazole rings is 1. The SMILES string of the molecule is Cc1cn2c(CC(=O)NC3(CO)CC3)csc2n1. The summed E-state index contributed by atoms with van der Waals surface area (Å²) in [4.78, 5) is 17.2. The second-order valence-corrected chi connectivity index (χ2v) is 5.76. The van der Waals surface area contributed by atoms with Crippen molar-refractivity contribution < 1.29 is 9.90 Å². The van der Waals surface area contributed by atoms with Crippen LogP contribution in [0, 0.1) is 6.92 Å². The number of carbonyl (C=O) groups is 1. The predicted molar refractivity (Wildman–Crippen MR) is 68.7 cm³/mol. The number of aliphatic hydroxyl groups excluding tert-OH is 1. The number of carbonyl (C=O) groups excluding carboxylic acids is 1. The van der Waals surface area contributed by atoms with Crippen LogP contribution in [0.5, 0.6) is 0 Å². The maximum Gasteiger partial charge on any atom is 0.226 e. The molecule has 0 unspecified atom stereocenters. The summed E-state index contributed by atoms with van der Waals surface area (Å²) in [5, 5.41) is 14.0. The lowest BCUT2D eigenvalue weighted by Gasteiger charge is -2.13. The molecule has 96 valence electrons. The van der Waals surface area contributed by atoms with Crippen LogP contribution in [0.4, 0.5) is 0 Å². The van der Waals surface area contributed by atoms with Crippen molar-refractivity contribution in [2.24, 2.45) is 0 Å². The van der Waals surface area contributed by atoms with Crippen LogP contribution < -0.4 is 5.32 Å². The van der Waals surface area contributed by atoms with E-state index in [0.717, 1.165) is 29.2 Å². The average molecular weight is 265 g/mol. The lowest BCUT2D eigenvalue weighted by Crippen LogP contribution is -2.40. The van der Waals surface area contributed by atoms with Gasteiger partial charge in [-0.25, -0.2) is 4.98 Å². The minimum atomic E-state index is -0.336. The number of nitrogens with zero attached hydrogens (tertiary/aromatic N) is 2. The van der Waals surface area contributed by atoms with Gasteiger partial charge in [0.25, 0.3) is 0 Å². The Hall–Kier alpha value is -1.40. The monoisotopic (exact) mass is 265 g/mol. The molecule has 3 rings (SSSR count). The van der Waals surface area contributed by atoms with Crippen LogP contribution >= 0.6 is 11.3 Å². The van der Waals surface area contributed by atoms with Crippen molar-refractivity contribution >= 4 is 22.2 Å².